The first kappa shape index (κ1) is 22.1. The van der Waals surface area contributed by atoms with Gasteiger partial charge in [0.05, 0.1) is 11.9 Å². The van der Waals surface area contributed by atoms with E-state index in [4.69, 9.17) is 4.74 Å². The lowest BCUT2D eigenvalue weighted by atomic mass is 9.69. The Morgan fingerprint density at radius 2 is 1.56 bits per heavy atom. The van der Waals surface area contributed by atoms with Gasteiger partial charge in [-0.2, -0.15) is 4.31 Å². The second kappa shape index (κ2) is 7.94. The Morgan fingerprint density at radius 3 is 2.12 bits per heavy atom. The highest BCUT2D eigenvalue weighted by Gasteiger charge is 2.72. The number of rotatable bonds is 7. The number of aliphatic hydroxyl groups is 1. The summed E-state index contributed by atoms with van der Waals surface area (Å²) in [6.07, 6.45) is 1.52. The van der Waals surface area contributed by atoms with Gasteiger partial charge in [0.1, 0.15) is 0 Å². The number of nitrogens with zero attached hydrogens (tertiary/aromatic N) is 1. The van der Waals surface area contributed by atoms with Crippen molar-refractivity contribution in [1.29, 1.82) is 0 Å². The highest BCUT2D eigenvalue weighted by molar-refractivity contribution is 7.89. The lowest BCUT2D eigenvalue weighted by Crippen LogP contribution is -2.49. The smallest absolute Gasteiger partial charge is 0.215 e. The topological polar surface area (TPSA) is 66.8 Å². The number of hydrogen-bond donors (Lipinski definition) is 1. The number of aliphatic hydroxyl groups excluding tert-OH is 1. The van der Waals surface area contributed by atoms with E-state index in [1.54, 1.807) is 4.31 Å². The average molecular weight is 456 g/mol. The molecule has 1 aliphatic heterocycles. The van der Waals surface area contributed by atoms with E-state index in [1.807, 2.05) is 60.7 Å². The predicted molar refractivity (Wildman–Crippen MR) is 124 cm³/mol. The molecule has 1 saturated heterocycles. The number of fused-ring (bicyclic) bond motifs is 5. The summed E-state index contributed by atoms with van der Waals surface area (Å²) in [4.78, 5) is 0. The van der Waals surface area contributed by atoms with Crippen molar-refractivity contribution in [3.05, 3.63) is 71.8 Å². The van der Waals surface area contributed by atoms with Gasteiger partial charge in [0.25, 0.3) is 0 Å². The van der Waals surface area contributed by atoms with Crippen molar-refractivity contribution in [3.63, 3.8) is 0 Å². The minimum Gasteiger partial charge on any atom is -0.368 e. The summed E-state index contributed by atoms with van der Waals surface area (Å²) >= 11 is 0. The van der Waals surface area contributed by atoms with Gasteiger partial charge in [-0.1, -0.05) is 74.5 Å². The molecule has 6 heteroatoms. The first-order valence-electron chi connectivity index (χ1n) is 11.6. The van der Waals surface area contributed by atoms with Crippen LogP contribution in [0.25, 0.3) is 0 Å². The van der Waals surface area contributed by atoms with E-state index in [0.29, 0.717) is 25.4 Å². The summed E-state index contributed by atoms with van der Waals surface area (Å²) in [5, 5.41) is 10.2. The molecule has 5 nitrogen and oxygen atoms in total. The molecule has 1 heterocycles. The Kier molecular flexibility index (Phi) is 5.48. The molecule has 2 aliphatic carbocycles. The molecule has 0 aromatic heterocycles. The van der Waals surface area contributed by atoms with Crippen molar-refractivity contribution in [3.8, 4) is 0 Å². The number of hydrogen-bond acceptors (Lipinski definition) is 4. The Bertz CT molecular complexity index is 1010. The summed E-state index contributed by atoms with van der Waals surface area (Å²) < 4.78 is 35.7. The van der Waals surface area contributed by atoms with Crippen molar-refractivity contribution < 1.29 is 18.3 Å². The molecule has 2 saturated carbocycles. The van der Waals surface area contributed by atoms with Gasteiger partial charge in [-0.15, -0.1) is 0 Å². The van der Waals surface area contributed by atoms with Crippen molar-refractivity contribution >= 4 is 10.0 Å². The molecule has 2 aromatic carbocycles. The number of ether oxygens (including phenoxy) is 1. The molecular formula is C26H33NO4S. The van der Waals surface area contributed by atoms with Crippen LogP contribution in [0.2, 0.25) is 0 Å². The van der Waals surface area contributed by atoms with E-state index in [1.165, 1.54) is 0 Å². The van der Waals surface area contributed by atoms with Gasteiger partial charge in [0.15, 0.2) is 6.29 Å². The molecule has 2 bridgehead atoms. The summed E-state index contributed by atoms with van der Waals surface area (Å²) in [6, 6.07) is 19.6. The van der Waals surface area contributed by atoms with Crippen LogP contribution in [0.3, 0.4) is 0 Å². The Hall–Kier alpha value is -1.73. The van der Waals surface area contributed by atoms with Crippen LogP contribution < -0.4 is 0 Å². The van der Waals surface area contributed by atoms with Crippen LogP contribution in [0, 0.1) is 22.7 Å². The second-order valence-corrected chi connectivity index (χ2v) is 12.4. The van der Waals surface area contributed by atoms with Gasteiger partial charge in [0.2, 0.25) is 10.0 Å². The standard InChI is InChI=1S/C26H33NO4S/c1-25(2)22-13-14-26(25,24-21(22)15-23(28)31-24)18-32(29,30)27(16-19-9-5-3-6-10-19)17-20-11-7-4-8-12-20/h3-12,21-24,28H,13-18H2,1-2H3/t21-,22-,23-,24-,26+/m0/s1. The van der Waals surface area contributed by atoms with Crippen molar-refractivity contribution in [2.75, 3.05) is 5.75 Å². The Morgan fingerprint density at radius 1 is 1.00 bits per heavy atom. The largest absolute Gasteiger partial charge is 0.368 e. The third kappa shape index (κ3) is 3.52. The fraction of sp³-hybridized carbons (Fsp3) is 0.538. The SMILES string of the molecule is CC1(C)[C@H]2CC[C@@]1(CS(=O)(=O)N(Cc1ccccc1)Cc1ccccc1)[C@H]1O[C@H](O)C[C@@H]21. The molecular weight excluding hydrogens is 422 g/mol. The molecule has 32 heavy (non-hydrogen) atoms. The molecule has 5 atom stereocenters. The first-order valence-corrected chi connectivity index (χ1v) is 13.2. The Labute approximate surface area is 191 Å². The monoisotopic (exact) mass is 455 g/mol. The summed E-state index contributed by atoms with van der Waals surface area (Å²) in [5.74, 6) is 0.717. The fourth-order valence-electron chi connectivity index (χ4n) is 6.90. The lowest BCUT2D eigenvalue weighted by Gasteiger charge is -2.42. The molecule has 3 fully saturated rings. The molecule has 3 aliphatic rings. The van der Waals surface area contributed by atoms with Crippen LogP contribution in [0.4, 0.5) is 0 Å². The van der Waals surface area contributed by atoms with Gasteiger partial charge in [-0.05, 0) is 41.2 Å². The van der Waals surface area contributed by atoms with Gasteiger partial charge in [-0.3, -0.25) is 0 Å². The van der Waals surface area contributed by atoms with E-state index in [-0.39, 0.29) is 23.2 Å². The fourth-order valence-corrected chi connectivity index (χ4v) is 9.11. The molecule has 0 amide bonds. The Balaban J connectivity index is 1.48. The van der Waals surface area contributed by atoms with Crippen LogP contribution in [0.15, 0.2) is 60.7 Å². The summed E-state index contributed by atoms with van der Waals surface area (Å²) in [7, 11) is -3.60. The highest BCUT2D eigenvalue weighted by Crippen LogP contribution is 2.71. The molecule has 0 unspecified atom stereocenters. The minimum absolute atomic E-state index is 0.0665. The van der Waals surface area contributed by atoms with E-state index < -0.39 is 21.7 Å². The van der Waals surface area contributed by atoms with Gasteiger partial charge in [-0.25, -0.2) is 8.42 Å². The van der Waals surface area contributed by atoms with Crippen LogP contribution in [0.1, 0.15) is 44.2 Å². The van der Waals surface area contributed by atoms with Gasteiger partial charge >= 0.3 is 0 Å². The minimum atomic E-state index is -3.60. The van der Waals surface area contributed by atoms with E-state index in [9.17, 15) is 13.5 Å². The zero-order valence-corrected chi connectivity index (χ0v) is 19.7. The maximum absolute atomic E-state index is 14.0. The summed E-state index contributed by atoms with van der Waals surface area (Å²) in [6.45, 7) is 5.12. The molecule has 0 radical (unpaired) electrons. The highest BCUT2D eigenvalue weighted by atomic mass is 32.2. The quantitative estimate of drug-likeness (QED) is 0.680. The third-order valence-electron chi connectivity index (χ3n) is 8.58. The zero-order chi connectivity index (χ0) is 22.6. The van der Waals surface area contributed by atoms with Gasteiger partial charge < -0.3 is 9.84 Å². The normalized spacial score (nSPS) is 33.0. The van der Waals surface area contributed by atoms with Crippen molar-refractivity contribution in [1.82, 2.24) is 4.31 Å². The zero-order valence-electron chi connectivity index (χ0n) is 18.9. The maximum Gasteiger partial charge on any atom is 0.215 e. The van der Waals surface area contributed by atoms with Crippen LogP contribution in [0.5, 0.6) is 0 Å². The predicted octanol–water partition coefficient (Wildman–Crippen LogP) is 4.18. The summed E-state index contributed by atoms with van der Waals surface area (Å²) in [5.41, 5.74) is 1.35. The van der Waals surface area contributed by atoms with Crippen molar-refractivity contribution in [2.24, 2.45) is 22.7 Å². The van der Waals surface area contributed by atoms with Gasteiger partial charge in [0, 0.05) is 24.9 Å². The van der Waals surface area contributed by atoms with E-state index in [0.717, 1.165) is 24.0 Å². The van der Waals surface area contributed by atoms with Crippen LogP contribution in [-0.2, 0) is 27.8 Å². The number of benzene rings is 2. The van der Waals surface area contributed by atoms with Crippen LogP contribution >= 0.6 is 0 Å². The van der Waals surface area contributed by atoms with Crippen molar-refractivity contribution in [2.45, 2.75) is 58.6 Å². The third-order valence-corrected chi connectivity index (χ3v) is 10.5. The lowest BCUT2D eigenvalue weighted by molar-refractivity contribution is -0.133. The molecule has 5 rings (SSSR count). The van der Waals surface area contributed by atoms with E-state index >= 15 is 0 Å². The first-order chi connectivity index (χ1) is 15.2. The average Bonchev–Trinajstić information content (AvgIpc) is 3.31. The number of sulfonamides is 1. The molecule has 172 valence electrons. The van der Waals surface area contributed by atoms with E-state index in [2.05, 4.69) is 13.8 Å². The second-order valence-electron chi connectivity index (χ2n) is 10.4. The molecule has 1 N–H and O–H groups in total. The molecule has 2 aromatic rings. The molecule has 0 spiro atoms. The van der Waals surface area contributed by atoms with Crippen LogP contribution in [-0.4, -0.2) is 36.0 Å². The maximum atomic E-state index is 14.0.